The van der Waals surface area contributed by atoms with Crippen molar-refractivity contribution in [3.05, 3.63) is 40.3 Å². The van der Waals surface area contributed by atoms with Crippen molar-refractivity contribution in [2.75, 3.05) is 11.9 Å². The van der Waals surface area contributed by atoms with Crippen LogP contribution < -0.4 is 5.32 Å². The molecule has 2 atom stereocenters. The van der Waals surface area contributed by atoms with Gasteiger partial charge in [0.2, 0.25) is 0 Å². The molecule has 4 rings (SSSR count). The first-order chi connectivity index (χ1) is 11.8. The Morgan fingerprint density at radius 2 is 2.00 bits per heavy atom. The monoisotopic (exact) mass is 324 g/mol. The van der Waals surface area contributed by atoms with Gasteiger partial charge in [0.25, 0.3) is 5.91 Å². The van der Waals surface area contributed by atoms with Crippen LogP contribution in [0.15, 0.2) is 34.4 Å². The zero-order valence-electron chi connectivity index (χ0n) is 13.4. The standard InChI is InChI=1S/C17H20N6O/c18-22-21-12-9-15-16(19-11-5-1-2-6-11)20-14-8-4-3-7-13(14)17(24)23(15)10-12/h3-4,7-8,11-12,15H,1-2,5-6,9-10H2,(H,19,20)/t12-,15-/m0/s1. The summed E-state index contributed by atoms with van der Waals surface area (Å²) in [5, 5.41) is 7.24. The van der Waals surface area contributed by atoms with Gasteiger partial charge < -0.3 is 10.2 Å². The highest BCUT2D eigenvalue weighted by Gasteiger charge is 2.41. The second-order valence-corrected chi connectivity index (χ2v) is 6.69. The number of benzene rings is 1. The van der Waals surface area contributed by atoms with Gasteiger partial charge in [-0.05, 0) is 36.9 Å². The molecular formula is C17H20N6O. The highest BCUT2D eigenvalue weighted by atomic mass is 16.2. The lowest BCUT2D eigenvalue weighted by atomic mass is 10.1. The molecule has 2 fully saturated rings. The van der Waals surface area contributed by atoms with Crippen molar-refractivity contribution in [3.8, 4) is 0 Å². The van der Waals surface area contributed by atoms with Crippen LogP contribution in [0.5, 0.6) is 0 Å². The van der Waals surface area contributed by atoms with Crippen LogP contribution in [0.25, 0.3) is 10.4 Å². The predicted molar refractivity (Wildman–Crippen MR) is 92.1 cm³/mol. The second kappa shape index (κ2) is 6.17. The van der Waals surface area contributed by atoms with Crippen LogP contribution in [0, 0.1) is 0 Å². The molecule has 1 saturated carbocycles. The summed E-state index contributed by atoms with van der Waals surface area (Å²) in [6.07, 6.45) is 5.27. The van der Waals surface area contributed by atoms with Crippen LogP contribution in [0.1, 0.15) is 42.5 Å². The number of para-hydroxylation sites is 1. The van der Waals surface area contributed by atoms with E-state index in [4.69, 9.17) is 10.5 Å². The minimum Gasteiger partial charge on any atom is -0.342 e. The van der Waals surface area contributed by atoms with Gasteiger partial charge in [-0.3, -0.25) is 9.79 Å². The molecule has 24 heavy (non-hydrogen) atoms. The Balaban J connectivity index is 1.75. The number of rotatable bonds is 2. The van der Waals surface area contributed by atoms with Gasteiger partial charge >= 0.3 is 0 Å². The first kappa shape index (κ1) is 15.0. The maximum atomic E-state index is 12.9. The molecule has 1 aromatic carbocycles. The summed E-state index contributed by atoms with van der Waals surface area (Å²) in [4.78, 5) is 22.6. The fourth-order valence-electron chi connectivity index (χ4n) is 3.96. The third-order valence-corrected chi connectivity index (χ3v) is 5.14. The van der Waals surface area contributed by atoms with Crippen LogP contribution >= 0.6 is 0 Å². The van der Waals surface area contributed by atoms with E-state index in [0.29, 0.717) is 24.6 Å². The maximum Gasteiger partial charge on any atom is 0.256 e. The minimum atomic E-state index is -0.190. The largest absolute Gasteiger partial charge is 0.342 e. The Labute approximate surface area is 140 Å². The van der Waals surface area contributed by atoms with Gasteiger partial charge in [-0.25, -0.2) is 0 Å². The fourth-order valence-corrected chi connectivity index (χ4v) is 3.96. The lowest BCUT2D eigenvalue weighted by Gasteiger charge is -2.23. The number of amides is 1. The van der Waals surface area contributed by atoms with E-state index >= 15 is 0 Å². The number of azide groups is 1. The molecule has 1 aromatic rings. The van der Waals surface area contributed by atoms with Crippen LogP contribution in [0.2, 0.25) is 0 Å². The third kappa shape index (κ3) is 2.61. The number of fused-ring (bicyclic) bond motifs is 2. The first-order valence-corrected chi connectivity index (χ1v) is 8.55. The molecule has 1 aliphatic carbocycles. The topological polar surface area (TPSA) is 93.5 Å². The van der Waals surface area contributed by atoms with Crippen molar-refractivity contribution >= 4 is 17.4 Å². The molecule has 0 bridgehead atoms. The van der Waals surface area contributed by atoms with Crippen molar-refractivity contribution in [1.29, 1.82) is 0 Å². The van der Waals surface area contributed by atoms with Crippen molar-refractivity contribution in [1.82, 2.24) is 4.90 Å². The number of carbonyl (C=O) groups is 1. The Morgan fingerprint density at radius 3 is 2.79 bits per heavy atom. The molecular weight excluding hydrogens is 304 g/mol. The van der Waals surface area contributed by atoms with E-state index in [2.05, 4.69) is 15.3 Å². The average Bonchev–Trinajstić information content (AvgIpc) is 3.22. The zero-order chi connectivity index (χ0) is 16.5. The second-order valence-electron chi connectivity index (χ2n) is 6.69. The average molecular weight is 324 g/mol. The number of nitrogens with zero attached hydrogens (tertiary/aromatic N) is 5. The van der Waals surface area contributed by atoms with Crippen molar-refractivity contribution < 1.29 is 4.79 Å². The van der Waals surface area contributed by atoms with Gasteiger partial charge in [0.1, 0.15) is 5.84 Å². The number of nitrogens with one attached hydrogen (secondary N) is 1. The summed E-state index contributed by atoms with van der Waals surface area (Å²) >= 11 is 0. The van der Waals surface area contributed by atoms with Gasteiger partial charge in [0, 0.05) is 11.5 Å². The van der Waals surface area contributed by atoms with Gasteiger partial charge in [-0.2, -0.15) is 0 Å². The van der Waals surface area contributed by atoms with Crippen LogP contribution in [-0.4, -0.2) is 41.3 Å². The molecule has 0 spiro atoms. The van der Waals surface area contributed by atoms with Crippen LogP contribution in [0.3, 0.4) is 0 Å². The molecule has 1 amide bonds. The number of amidine groups is 1. The Bertz CT molecular complexity index is 732. The Morgan fingerprint density at radius 1 is 1.21 bits per heavy atom. The predicted octanol–water partition coefficient (Wildman–Crippen LogP) is 3.35. The van der Waals surface area contributed by atoms with Gasteiger partial charge in [-0.1, -0.05) is 30.1 Å². The van der Waals surface area contributed by atoms with Crippen LogP contribution in [0.4, 0.5) is 5.69 Å². The lowest BCUT2D eigenvalue weighted by Crippen LogP contribution is -2.41. The summed E-state index contributed by atoms with van der Waals surface area (Å²) < 4.78 is 0. The number of carbonyl (C=O) groups excluding carboxylic acids is 1. The van der Waals surface area contributed by atoms with Gasteiger partial charge in [0.15, 0.2) is 0 Å². The van der Waals surface area contributed by atoms with E-state index in [-0.39, 0.29) is 18.0 Å². The van der Waals surface area contributed by atoms with E-state index < -0.39 is 0 Å². The van der Waals surface area contributed by atoms with E-state index in [1.54, 1.807) is 0 Å². The molecule has 3 aliphatic rings. The number of hydrogen-bond donors (Lipinski definition) is 1. The molecule has 0 radical (unpaired) electrons. The van der Waals surface area contributed by atoms with Crippen LogP contribution in [-0.2, 0) is 0 Å². The number of hydrogen-bond acceptors (Lipinski definition) is 3. The number of anilines is 1. The molecule has 124 valence electrons. The zero-order valence-corrected chi connectivity index (χ0v) is 13.4. The Hall–Kier alpha value is -2.53. The van der Waals surface area contributed by atoms with E-state index in [1.807, 2.05) is 29.2 Å². The molecule has 7 heteroatoms. The minimum absolute atomic E-state index is 0.0182. The normalized spacial score (nSPS) is 28.1. The van der Waals surface area contributed by atoms with Crippen molar-refractivity contribution in [2.24, 2.45) is 10.1 Å². The molecule has 7 nitrogen and oxygen atoms in total. The summed E-state index contributed by atoms with van der Waals surface area (Å²) in [5.74, 6) is 0.825. The maximum absolute atomic E-state index is 12.9. The lowest BCUT2D eigenvalue weighted by molar-refractivity contribution is 0.0771. The van der Waals surface area contributed by atoms with Gasteiger partial charge in [0.05, 0.1) is 29.4 Å². The smallest absolute Gasteiger partial charge is 0.256 e. The molecule has 2 heterocycles. The molecule has 2 aliphatic heterocycles. The highest BCUT2D eigenvalue weighted by Crippen LogP contribution is 2.31. The third-order valence-electron chi connectivity index (χ3n) is 5.14. The fraction of sp³-hybridized carbons (Fsp3) is 0.529. The van der Waals surface area contributed by atoms with E-state index in [9.17, 15) is 4.79 Å². The van der Waals surface area contributed by atoms with Crippen molar-refractivity contribution in [3.63, 3.8) is 0 Å². The summed E-state index contributed by atoms with van der Waals surface area (Å²) in [6.45, 7) is 0.452. The number of aliphatic imine (C=N–C) groups is 1. The quantitative estimate of drug-likeness (QED) is 0.513. The van der Waals surface area contributed by atoms with Gasteiger partial charge in [-0.15, -0.1) is 0 Å². The summed E-state index contributed by atoms with van der Waals surface area (Å²) in [6, 6.07) is 7.55. The van der Waals surface area contributed by atoms with E-state index in [1.165, 1.54) is 12.8 Å². The molecule has 1 N–H and O–H groups in total. The van der Waals surface area contributed by atoms with Crippen molar-refractivity contribution in [2.45, 2.75) is 50.2 Å². The summed E-state index contributed by atoms with van der Waals surface area (Å²) in [7, 11) is 0. The molecule has 1 saturated heterocycles. The molecule has 0 aromatic heterocycles. The first-order valence-electron chi connectivity index (χ1n) is 8.55. The molecule has 0 unspecified atom stereocenters. The SMILES string of the molecule is [N-]=[N+]=N[C@H]1C[C@H]2C(=NC3CCCC3)Nc3ccccc3C(=O)N2C1. The van der Waals surface area contributed by atoms with E-state index in [0.717, 1.165) is 24.4 Å². The highest BCUT2D eigenvalue weighted by molar-refractivity contribution is 6.12. The Kier molecular flexibility index (Phi) is 3.86. The summed E-state index contributed by atoms with van der Waals surface area (Å²) in [5.41, 5.74) is 10.2.